The molecular formula is C23H21N5O6. The molecule has 0 unspecified atom stereocenters. The van der Waals surface area contributed by atoms with Gasteiger partial charge in [0.25, 0.3) is 11.4 Å². The van der Waals surface area contributed by atoms with E-state index in [1.165, 1.54) is 24.3 Å². The zero-order valence-corrected chi connectivity index (χ0v) is 18.0. The Hall–Kier alpha value is -4.51. The van der Waals surface area contributed by atoms with Crippen molar-refractivity contribution in [2.24, 2.45) is 0 Å². The van der Waals surface area contributed by atoms with Gasteiger partial charge in [-0.25, -0.2) is 0 Å². The molecule has 1 aliphatic heterocycles. The molecule has 1 amide bonds. The van der Waals surface area contributed by atoms with E-state index >= 15 is 0 Å². The number of nitro benzene ring substituents is 2. The number of furan rings is 1. The molecule has 34 heavy (non-hydrogen) atoms. The van der Waals surface area contributed by atoms with E-state index < -0.39 is 15.8 Å². The molecule has 1 aromatic heterocycles. The SMILES string of the molecule is O=C(/C=C/c1ccc(-c2ccccc2[N+](=O)[O-])o1)Nc1ccc(N2CCNCC2)c([N+](=O)[O-])c1. The lowest BCUT2D eigenvalue weighted by atomic mass is 10.1. The lowest BCUT2D eigenvalue weighted by molar-refractivity contribution is -0.384. The Bertz CT molecular complexity index is 1260. The van der Waals surface area contributed by atoms with Gasteiger partial charge in [-0.3, -0.25) is 25.0 Å². The molecular weight excluding hydrogens is 442 g/mol. The number of para-hydroxylation sites is 1. The summed E-state index contributed by atoms with van der Waals surface area (Å²) in [5, 5.41) is 28.6. The number of rotatable bonds is 7. The van der Waals surface area contributed by atoms with E-state index in [1.807, 2.05) is 4.90 Å². The summed E-state index contributed by atoms with van der Waals surface area (Å²) in [6, 6.07) is 14.0. The molecule has 11 nitrogen and oxygen atoms in total. The van der Waals surface area contributed by atoms with Crippen LogP contribution in [0.1, 0.15) is 5.76 Å². The van der Waals surface area contributed by atoms with Crippen LogP contribution < -0.4 is 15.5 Å². The van der Waals surface area contributed by atoms with Gasteiger partial charge in [0, 0.05) is 50.1 Å². The number of benzene rings is 2. The summed E-state index contributed by atoms with van der Waals surface area (Å²) in [5.41, 5.74) is 0.965. The smallest absolute Gasteiger partial charge is 0.294 e. The molecule has 3 aromatic rings. The summed E-state index contributed by atoms with van der Waals surface area (Å²) < 4.78 is 5.62. The molecule has 2 aromatic carbocycles. The predicted molar refractivity (Wildman–Crippen MR) is 127 cm³/mol. The van der Waals surface area contributed by atoms with Crippen LogP contribution in [-0.4, -0.2) is 41.9 Å². The van der Waals surface area contributed by atoms with Crippen LogP contribution in [0.5, 0.6) is 0 Å². The number of hydrogen-bond donors (Lipinski definition) is 2. The molecule has 0 saturated carbocycles. The number of amides is 1. The summed E-state index contributed by atoms with van der Waals surface area (Å²) in [5.74, 6) is 0.114. The van der Waals surface area contributed by atoms with Crippen molar-refractivity contribution in [1.82, 2.24) is 5.32 Å². The number of nitro groups is 2. The molecule has 2 N–H and O–H groups in total. The highest BCUT2D eigenvalue weighted by atomic mass is 16.6. The maximum absolute atomic E-state index is 12.4. The average Bonchev–Trinajstić information content (AvgIpc) is 3.32. The van der Waals surface area contributed by atoms with E-state index in [0.29, 0.717) is 41.5 Å². The lowest BCUT2D eigenvalue weighted by Gasteiger charge is -2.29. The van der Waals surface area contributed by atoms with Gasteiger partial charge in [-0.2, -0.15) is 0 Å². The largest absolute Gasteiger partial charge is 0.456 e. The van der Waals surface area contributed by atoms with Crippen LogP contribution in [0.25, 0.3) is 17.4 Å². The third-order valence-electron chi connectivity index (χ3n) is 5.29. The van der Waals surface area contributed by atoms with Crippen molar-refractivity contribution in [2.75, 3.05) is 36.4 Å². The molecule has 0 aliphatic carbocycles. The molecule has 0 radical (unpaired) electrons. The molecule has 2 heterocycles. The molecule has 0 atom stereocenters. The van der Waals surface area contributed by atoms with E-state index in [0.717, 1.165) is 13.1 Å². The zero-order valence-electron chi connectivity index (χ0n) is 18.0. The fourth-order valence-corrected chi connectivity index (χ4v) is 3.69. The number of carbonyl (C=O) groups excluding carboxylic acids is 1. The molecule has 1 aliphatic rings. The first-order valence-corrected chi connectivity index (χ1v) is 10.5. The summed E-state index contributed by atoms with van der Waals surface area (Å²) in [7, 11) is 0. The standard InChI is InChI=1S/C23H21N5O6/c29-23(10-7-17-6-9-22(34-17)18-3-1-2-4-19(18)27(30)31)25-16-5-8-20(21(15-16)28(32)33)26-13-11-24-12-14-26/h1-10,15,24H,11-14H2,(H,25,29)/b10-7+. The van der Waals surface area contributed by atoms with Crippen molar-refractivity contribution in [3.63, 3.8) is 0 Å². The van der Waals surface area contributed by atoms with Gasteiger partial charge in [0.1, 0.15) is 17.2 Å². The Labute approximate surface area is 194 Å². The van der Waals surface area contributed by atoms with Crippen LogP contribution >= 0.6 is 0 Å². The second-order valence-corrected chi connectivity index (χ2v) is 7.50. The maximum atomic E-state index is 12.4. The van der Waals surface area contributed by atoms with Crippen molar-refractivity contribution in [1.29, 1.82) is 0 Å². The van der Waals surface area contributed by atoms with Crippen LogP contribution in [0.2, 0.25) is 0 Å². The molecule has 0 bridgehead atoms. The highest BCUT2D eigenvalue weighted by molar-refractivity contribution is 6.02. The number of piperazine rings is 1. The summed E-state index contributed by atoms with van der Waals surface area (Å²) in [6.07, 6.45) is 2.63. The highest BCUT2D eigenvalue weighted by Gasteiger charge is 2.22. The Morgan fingerprint density at radius 2 is 1.74 bits per heavy atom. The van der Waals surface area contributed by atoms with Gasteiger partial charge in [0.05, 0.1) is 15.4 Å². The van der Waals surface area contributed by atoms with Gasteiger partial charge in [0.2, 0.25) is 5.91 Å². The fourth-order valence-electron chi connectivity index (χ4n) is 3.69. The summed E-state index contributed by atoms with van der Waals surface area (Å²) in [6.45, 7) is 2.80. The van der Waals surface area contributed by atoms with Gasteiger partial charge >= 0.3 is 0 Å². The van der Waals surface area contributed by atoms with Gasteiger partial charge in [-0.1, -0.05) is 12.1 Å². The zero-order chi connectivity index (χ0) is 24.1. The first kappa shape index (κ1) is 22.7. The minimum absolute atomic E-state index is 0.0798. The van der Waals surface area contributed by atoms with Crippen LogP contribution in [0.4, 0.5) is 22.7 Å². The monoisotopic (exact) mass is 463 g/mol. The Morgan fingerprint density at radius 1 is 1.00 bits per heavy atom. The van der Waals surface area contributed by atoms with Crippen LogP contribution in [0.15, 0.2) is 65.1 Å². The normalized spacial score (nSPS) is 13.7. The van der Waals surface area contributed by atoms with Crippen LogP contribution in [0.3, 0.4) is 0 Å². The van der Waals surface area contributed by atoms with Crippen molar-refractivity contribution in [2.45, 2.75) is 0 Å². The molecule has 1 fully saturated rings. The Morgan fingerprint density at radius 3 is 2.47 bits per heavy atom. The van der Waals surface area contributed by atoms with E-state index in [-0.39, 0.29) is 11.4 Å². The van der Waals surface area contributed by atoms with Crippen LogP contribution in [0, 0.1) is 20.2 Å². The topological polar surface area (TPSA) is 144 Å². The van der Waals surface area contributed by atoms with E-state index in [4.69, 9.17) is 4.42 Å². The Balaban J connectivity index is 1.46. The van der Waals surface area contributed by atoms with Gasteiger partial charge in [-0.05, 0) is 36.4 Å². The van der Waals surface area contributed by atoms with Gasteiger partial charge in [0.15, 0.2) is 0 Å². The first-order chi connectivity index (χ1) is 16.4. The summed E-state index contributed by atoms with van der Waals surface area (Å²) >= 11 is 0. The quantitative estimate of drug-likeness (QED) is 0.306. The number of nitrogens with zero attached hydrogens (tertiary/aromatic N) is 3. The minimum atomic E-state index is -0.507. The second kappa shape index (κ2) is 9.96. The molecule has 174 valence electrons. The first-order valence-electron chi connectivity index (χ1n) is 10.5. The third kappa shape index (κ3) is 5.10. The average molecular weight is 463 g/mol. The van der Waals surface area contributed by atoms with Gasteiger partial charge in [-0.15, -0.1) is 0 Å². The maximum Gasteiger partial charge on any atom is 0.294 e. The number of carbonyl (C=O) groups is 1. The fraction of sp³-hybridized carbons (Fsp3) is 0.174. The number of hydrogen-bond acceptors (Lipinski definition) is 8. The van der Waals surface area contributed by atoms with Crippen molar-refractivity contribution in [3.8, 4) is 11.3 Å². The number of anilines is 2. The van der Waals surface area contributed by atoms with Gasteiger partial charge < -0.3 is 20.0 Å². The van der Waals surface area contributed by atoms with E-state index in [2.05, 4.69) is 10.6 Å². The second-order valence-electron chi connectivity index (χ2n) is 7.50. The molecule has 4 rings (SSSR count). The predicted octanol–water partition coefficient (Wildman–Crippen LogP) is 3.82. The van der Waals surface area contributed by atoms with Crippen molar-refractivity contribution in [3.05, 3.63) is 86.7 Å². The summed E-state index contributed by atoms with van der Waals surface area (Å²) in [4.78, 5) is 36.1. The van der Waals surface area contributed by atoms with Crippen molar-refractivity contribution < 1.29 is 19.1 Å². The molecule has 0 spiro atoms. The minimum Gasteiger partial charge on any atom is -0.456 e. The van der Waals surface area contributed by atoms with E-state index in [9.17, 15) is 25.0 Å². The highest BCUT2D eigenvalue weighted by Crippen LogP contribution is 2.32. The lowest BCUT2D eigenvalue weighted by Crippen LogP contribution is -2.43. The molecule has 1 saturated heterocycles. The van der Waals surface area contributed by atoms with Crippen molar-refractivity contribution >= 4 is 34.7 Å². The van der Waals surface area contributed by atoms with E-state index in [1.54, 1.807) is 42.5 Å². The third-order valence-corrected chi connectivity index (χ3v) is 5.29. The number of nitrogens with one attached hydrogen (secondary N) is 2. The molecule has 11 heteroatoms. The van der Waals surface area contributed by atoms with Crippen LogP contribution in [-0.2, 0) is 4.79 Å². The Kier molecular flexibility index (Phi) is 6.64.